The first-order valence-electron chi connectivity index (χ1n) is 16.5. The van der Waals surface area contributed by atoms with Crippen molar-refractivity contribution in [3.63, 3.8) is 0 Å². The quantitative estimate of drug-likeness (QED) is 0.215. The Morgan fingerprint density at radius 3 is 2.35 bits per heavy atom. The monoisotopic (exact) mass is 629 g/mol. The van der Waals surface area contributed by atoms with Gasteiger partial charge in [-0.1, -0.05) is 79.2 Å². The van der Waals surface area contributed by atoms with Crippen molar-refractivity contribution >= 4 is 11.8 Å². The van der Waals surface area contributed by atoms with Gasteiger partial charge in [-0.3, -0.25) is 14.5 Å². The van der Waals surface area contributed by atoms with Crippen LogP contribution in [0.25, 0.3) is 11.1 Å². The number of carbonyl (C=O) groups excluding carboxylic acids is 2. The third-order valence-corrected chi connectivity index (χ3v) is 8.62. The smallest absolute Gasteiger partial charge is 0.220 e. The zero-order chi connectivity index (χ0) is 32.1. The van der Waals surface area contributed by atoms with E-state index < -0.39 is 6.29 Å². The summed E-state index contributed by atoms with van der Waals surface area (Å²) < 4.78 is 18.7. The van der Waals surface area contributed by atoms with Gasteiger partial charge in [-0.05, 0) is 40.7 Å². The van der Waals surface area contributed by atoms with E-state index in [1.807, 2.05) is 42.5 Å². The number of morpholine rings is 1. The lowest BCUT2D eigenvalue weighted by molar-refractivity contribution is -0.253. The van der Waals surface area contributed by atoms with E-state index in [4.69, 9.17) is 14.2 Å². The Morgan fingerprint density at radius 1 is 0.870 bits per heavy atom. The number of unbranched alkanes of at least 4 members (excludes halogenated alkanes) is 2. The molecule has 2 heterocycles. The topological polar surface area (TPSA) is 109 Å². The molecule has 0 unspecified atom stereocenters. The molecule has 0 spiro atoms. The van der Waals surface area contributed by atoms with E-state index in [0.717, 1.165) is 91.9 Å². The molecule has 2 saturated heterocycles. The summed E-state index contributed by atoms with van der Waals surface area (Å²) in [4.78, 5) is 25.9. The van der Waals surface area contributed by atoms with E-state index in [0.29, 0.717) is 19.5 Å². The van der Waals surface area contributed by atoms with E-state index in [2.05, 4.69) is 45.9 Å². The van der Waals surface area contributed by atoms with Crippen molar-refractivity contribution in [1.29, 1.82) is 0 Å². The summed E-state index contributed by atoms with van der Waals surface area (Å²) in [7, 11) is 0. The van der Waals surface area contributed by atoms with Crippen molar-refractivity contribution in [3.8, 4) is 11.1 Å². The summed E-state index contributed by atoms with van der Waals surface area (Å²) in [6, 6.07) is 24.4. The number of benzene rings is 3. The van der Waals surface area contributed by atoms with Crippen LogP contribution < -0.4 is 10.6 Å². The summed E-state index contributed by atoms with van der Waals surface area (Å²) >= 11 is 0. The lowest BCUT2D eigenvalue weighted by Gasteiger charge is -2.39. The van der Waals surface area contributed by atoms with Crippen LogP contribution in [0.5, 0.6) is 0 Å². The highest BCUT2D eigenvalue weighted by Gasteiger charge is 2.33. The van der Waals surface area contributed by atoms with E-state index >= 15 is 0 Å². The third-order valence-electron chi connectivity index (χ3n) is 8.62. The molecule has 46 heavy (non-hydrogen) atoms. The Kier molecular flexibility index (Phi) is 12.7. The Bertz CT molecular complexity index is 1390. The van der Waals surface area contributed by atoms with Crippen molar-refractivity contribution in [2.75, 3.05) is 39.4 Å². The molecule has 2 amide bonds. The number of aliphatic hydroxyl groups excluding tert-OH is 1. The fourth-order valence-electron chi connectivity index (χ4n) is 6.01. The highest BCUT2D eigenvalue weighted by Crippen LogP contribution is 2.39. The first-order valence-corrected chi connectivity index (χ1v) is 16.5. The summed E-state index contributed by atoms with van der Waals surface area (Å²) in [6.45, 7) is 6.74. The van der Waals surface area contributed by atoms with Gasteiger partial charge in [0.15, 0.2) is 6.29 Å². The Labute approximate surface area is 272 Å². The average Bonchev–Trinajstić information content (AvgIpc) is 3.09. The van der Waals surface area contributed by atoms with Gasteiger partial charge >= 0.3 is 0 Å². The maximum absolute atomic E-state index is 12.5. The maximum atomic E-state index is 12.5. The molecule has 3 aromatic rings. The predicted molar refractivity (Wildman–Crippen MR) is 177 cm³/mol. The molecule has 2 aliphatic heterocycles. The van der Waals surface area contributed by atoms with Gasteiger partial charge in [-0.25, -0.2) is 0 Å². The molecule has 0 aromatic heterocycles. The highest BCUT2D eigenvalue weighted by molar-refractivity contribution is 5.76. The lowest BCUT2D eigenvalue weighted by atomic mass is 9.97. The number of aliphatic hydroxyl groups is 1. The number of amides is 2. The van der Waals surface area contributed by atoms with Gasteiger partial charge in [0.05, 0.1) is 32.0 Å². The van der Waals surface area contributed by atoms with Gasteiger partial charge in [0.1, 0.15) is 0 Å². The molecule has 5 rings (SSSR count). The lowest BCUT2D eigenvalue weighted by Crippen LogP contribution is -2.44. The zero-order valence-electron chi connectivity index (χ0n) is 26.8. The minimum Gasteiger partial charge on any atom is -0.392 e. The highest BCUT2D eigenvalue weighted by atomic mass is 16.7. The average molecular weight is 630 g/mol. The molecule has 9 heteroatoms. The number of carbonyl (C=O) groups is 2. The Morgan fingerprint density at radius 2 is 1.61 bits per heavy atom. The number of nitrogens with one attached hydrogen (secondary N) is 2. The number of rotatable bonds is 14. The molecule has 0 saturated carbocycles. The summed E-state index contributed by atoms with van der Waals surface area (Å²) in [5, 5.41) is 15.4. The minimum atomic E-state index is -0.510. The van der Waals surface area contributed by atoms with Crippen molar-refractivity contribution < 1.29 is 28.9 Å². The van der Waals surface area contributed by atoms with Gasteiger partial charge in [0.25, 0.3) is 0 Å². The van der Waals surface area contributed by atoms with Crippen LogP contribution in [0.4, 0.5) is 0 Å². The second kappa shape index (κ2) is 17.4. The standard InChI is InChI=1S/C37H47N3O6/c1-27(42)38-18-6-2-3-9-36(43)39-24-32-7-4-5-8-34(32)29-14-16-31(17-15-29)37-45-33(25-40-19-21-44-22-20-40)23-35(46-37)30-12-10-28(26-41)11-13-30/h4-5,7-8,10-17,33,35,37,41H,2-3,6,9,18-26H2,1H3,(H,38,42)(H,39,43)/t33-,35+,37+/m1/s1. The first-order chi connectivity index (χ1) is 22.5. The molecule has 0 radical (unpaired) electrons. The van der Waals surface area contributed by atoms with E-state index in [-0.39, 0.29) is 30.6 Å². The van der Waals surface area contributed by atoms with Crippen molar-refractivity contribution in [2.24, 2.45) is 0 Å². The second-order valence-electron chi connectivity index (χ2n) is 12.1. The van der Waals surface area contributed by atoms with Crippen LogP contribution in [-0.4, -0.2) is 67.3 Å². The maximum Gasteiger partial charge on any atom is 0.220 e. The van der Waals surface area contributed by atoms with Gasteiger partial charge in [-0.15, -0.1) is 0 Å². The fourth-order valence-corrected chi connectivity index (χ4v) is 6.01. The van der Waals surface area contributed by atoms with E-state index in [1.54, 1.807) is 0 Å². The largest absolute Gasteiger partial charge is 0.392 e. The molecule has 3 atom stereocenters. The van der Waals surface area contributed by atoms with E-state index in [1.165, 1.54) is 6.92 Å². The van der Waals surface area contributed by atoms with Gasteiger partial charge in [0.2, 0.25) is 11.8 Å². The number of hydrogen-bond acceptors (Lipinski definition) is 7. The molecular formula is C37H47N3O6. The van der Waals surface area contributed by atoms with E-state index in [9.17, 15) is 14.7 Å². The van der Waals surface area contributed by atoms with Crippen LogP contribution in [0, 0.1) is 0 Å². The van der Waals surface area contributed by atoms with Gasteiger partial charge in [0, 0.05) is 58.1 Å². The SMILES string of the molecule is CC(=O)NCCCCCC(=O)NCc1ccccc1-c1ccc([C@H]2O[C@@H](CN3CCOCC3)C[C@@H](c3ccc(CO)cc3)O2)cc1. The molecular weight excluding hydrogens is 582 g/mol. The predicted octanol–water partition coefficient (Wildman–Crippen LogP) is 5.04. The van der Waals surface area contributed by atoms with Crippen molar-refractivity contribution in [3.05, 3.63) is 95.1 Å². The molecule has 2 fully saturated rings. The second-order valence-corrected chi connectivity index (χ2v) is 12.1. The van der Waals surface area contributed by atoms with Crippen LogP contribution in [0.2, 0.25) is 0 Å². The normalized spacial score (nSPS) is 20.3. The van der Waals surface area contributed by atoms with Crippen molar-refractivity contribution in [2.45, 2.75) is 70.7 Å². The van der Waals surface area contributed by atoms with Crippen LogP contribution in [0.3, 0.4) is 0 Å². The number of ether oxygens (including phenoxy) is 3. The third kappa shape index (κ3) is 9.95. The molecule has 0 aliphatic carbocycles. The van der Waals surface area contributed by atoms with Crippen LogP contribution in [0.15, 0.2) is 72.8 Å². The first kappa shape index (κ1) is 33.8. The summed E-state index contributed by atoms with van der Waals surface area (Å²) in [5.74, 6) is 0.00786. The molecule has 246 valence electrons. The molecule has 3 aromatic carbocycles. The van der Waals surface area contributed by atoms with Gasteiger partial charge < -0.3 is 30.0 Å². The molecule has 3 N–H and O–H groups in total. The molecule has 2 aliphatic rings. The fraction of sp³-hybridized carbons (Fsp3) is 0.459. The van der Waals surface area contributed by atoms with Crippen molar-refractivity contribution in [1.82, 2.24) is 15.5 Å². The molecule has 9 nitrogen and oxygen atoms in total. The summed E-state index contributed by atoms with van der Waals surface area (Å²) in [5.41, 5.74) is 6.09. The minimum absolute atomic E-state index is 0.000547. The van der Waals surface area contributed by atoms with Crippen LogP contribution in [0.1, 0.15) is 73.7 Å². The number of hydrogen-bond donors (Lipinski definition) is 3. The number of nitrogens with zero attached hydrogens (tertiary/aromatic N) is 1. The van der Waals surface area contributed by atoms with Crippen LogP contribution in [-0.2, 0) is 37.0 Å². The van der Waals surface area contributed by atoms with Crippen LogP contribution >= 0.6 is 0 Å². The Hall–Kier alpha value is -3.60. The summed E-state index contributed by atoms with van der Waals surface area (Å²) in [6.07, 6.45) is 3.15. The zero-order valence-corrected chi connectivity index (χ0v) is 26.8. The molecule has 0 bridgehead atoms. The Balaban J connectivity index is 1.22. The van der Waals surface area contributed by atoms with Gasteiger partial charge in [-0.2, -0.15) is 0 Å².